The van der Waals surface area contributed by atoms with Crippen molar-refractivity contribution in [2.75, 3.05) is 19.3 Å². The second-order valence-corrected chi connectivity index (χ2v) is 5.29. The molecule has 0 aliphatic rings. The molecule has 0 saturated carbocycles. The first kappa shape index (κ1) is 15.5. The highest BCUT2D eigenvalue weighted by molar-refractivity contribution is 7.99. The van der Waals surface area contributed by atoms with Crippen molar-refractivity contribution in [1.82, 2.24) is 10.3 Å². The van der Waals surface area contributed by atoms with Crippen LogP contribution in [-0.4, -0.2) is 35.5 Å². The molecular weight excluding hydrogens is 258 g/mol. The summed E-state index contributed by atoms with van der Waals surface area (Å²) in [5.41, 5.74) is 6.50. The van der Waals surface area contributed by atoms with Crippen molar-refractivity contribution in [2.24, 2.45) is 5.73 Å². The van der Waals surface area contributed by atoms with Crippen LogP contribution in [0.15, 0.2) is 18.5 Å². The molecule has 102 valence electrons. The fourth-order valence-corrected chi connectivity index (χ4v) is 1.79. The first-order valence-electron chi connectivity index (χ1n) is 6.13. The minimum atomic E-state index is -0.114. The molecule has 0 aliphatic heterocycles. The van der Waals surface area contributed by atoms with Crippen molar-refractivity contribution in [3.8, 4) is 11.8 Å². The van der Waals surface area contributed by atoms with E-state index in [0.29, 0.717) is 22.9 Å². The van der Waals surface area contributed by atoms with Crippen LogP contribution in [0.1, 0.15) is 29.3 Å². The van der Waals surface area contributed by atoms with Gasteiger partial charge in [-0.25, -0.2) is 0 Å². The molecule has 1 heterocycles. The van der Waals surface area contributed by atoms with E-state index in [0.717, 1.165) is 6.42 Å². The van der Waals surface area contributed by atoms with Crippen LogP contribution < -0.4 is 11.1 Å². The van der Waals surface area contributed by atoms with Gasteiger partial charge in [-0.3, -0.25) is 9.78 Å². The van der Waals surface area contributed by atoms with Gasteiger partial charge in [-0.1, -0.05) is 18.8 Å². The number of amides is 1. The normalized spacial score (nSPS) is 11.3. The first-order valence-corrected chi connectivity index (χ1v) is 7.41. The van der Waals surface area contributed by atoms with E-state index in [-0.39, 0.29) is 12.5 Å². The summed E-state index contributed by atoms with van der Waals surface area (Å²) in [5.74, 6) is 5.49. The number of pyridine rings is 1. The molecule has 1 amide bonds. The minimum Gasteiger partial charge on any atom is -0.352 e. The van der Waals surface area contributed by atoms with E-state index < -0.39 is 0 Å². The summed E-state index contributed by atoms with van der Waals surface area (Å²) < 4.78 is 0. The van der Waals surface area contributed by atoms with E-state index in [2.05, 4.69) is 35.3 Å². The molecule has 1 unspecified atom stereocenters. The molecule has 0 radical (unpaired) electrons. The van der Waals surface area contributed by atoms with E-state index >= 15 is 0 Å². The number of hydrogen-bond acceptors (Lipinski definition) is 4. The lowest BCUT2D eigenvalue weighted by Gasteiger charge is -2.09. The lowest BCUT2D eigenvalue weighted by atomic mass is 10.1. The van der Waals surface area contributed by atoms with Crippen LogP contribution >= 0.6 is 11.8 Å². The quantitative estimate of drug-likeness (QED) is 0.795. The van der Waals surface area contributed by atoms with Crippen LogP contribution in [0, 0.1) is 11.8 Å². The van der Waals surface area contributed by atoms with Gasteiger partial charge in [0.2, 0.25) is 0 Å². The van der Waals surface area contributed by atoms with Crippen molar-refractivity contribution in [3.05, 3.63) is 29.6 Å². The number of rotatable bonds is 5. The fraction of sp³-hybridized carbons (Fsp3) is 0.429. The number of carbonyl (C=O) groups excluding carboxylic acids is 1. The summed E-state index contributed by atoms with van der Waals surface area (Å²) in [6.45, 7) is 3.07. The molecule has 1 atom stereocenters. The van der Waals surface area contributed by atoms with E-state index in [9.17, 15) is 4.79 Å². The summed E-state index contributed by atoms with van der Waals surface area (Å²) in [7, 11) is 0. The Hall–Kier alpha value is -1.51. The van der Waals surface area contributed by atoms with Gasteiger partial charge in [0.1, 0.15) is 0 Å². The molecule has 1 aromatic rings. The Morgan fingerprint density at radius 2 is 2.42 bits per heavy atom. The highest BCUT2D eigenvalue weighted by Crippen LogP contribution is 2.09. The molecule has 1 rings (SSSR count). The highest BCUT2D eigenvalue weighted by Gasteiger charge is 2.10. The van der Waals surface area contributed by atoms with Gasteiger partial charge in [-0.15, -0.1) is 0 Å². The number of nitrogens with zero attached hydrogens (tertiary/aromatic N) is 1. The molecule has 5 heteroatoms. The molecule has 0 saturated heterocycles. The maximum absolute atomic E-state index is 12.1. The maximum Gasteiger partial charge on any atom is 0.252 e. The van der Waals surface area contributed by atoms with Crippen LogP contribution in [0.5, 0.6) is 0 Å². The molecule has 0 bridgehead atoms. The van der Waals surface area contributed by atoms with E-state index in [1.165, 1.54) is 0 Å². The smallest absolute Gasteiger partial charge is 0.252 e. The molecule has 0 spiro atoms. The van der Waals surface area contributed by atoms with E-state index in [1.807, 2.05) is 0 Å². The molecule has 3 N–H and O–H groups in total. The third-order valence-electron chi connectivity index (χ3n) is 2.63. The number of thioether (sulfide) groups is 1. The topological polar surface area (TPSA) is 68.0 Å². The zero-order valence-corrected chi connectivity index (χ0v) is 12.1. The van der Waals surface area contributed by atoms with Crippen LogP contribution in [-0.2, 0) is 0 Å². The highest BCUT2D eigenvalue weighted by atomic mass is 32.2. The number of carbonyl (C=O) groups is 1. The summed E-state index contributed by atoms with van der Waals surface area (Å²) in [4.78, 5) is 16.0. The fourth-order valence-electron chi connectivity index (χ4n) is 1.44. The molecular formula is C14H19N3OS. The Kier molecular flexibility index (Phi) is 7.01. The van der Waals surface area contributed by atoms with Gasteiger partial charge in [0.15, 0.2) is 0 Å². The number of hydrogen-bond donors (Lipinski definition) is 2. The second kappa shape index (κ2) is 8.57. The van der Waals surface area contributed by atoms with Crippen LogP contribution in [0.25, 0.3) is 0 Å². The number of nitrogens with two attached hydrogens (primary N) is 1. The standard InChI is InChI=1S/C14H19N3OS/c1-11(19-2)5-9-17-14(18)13-6-8-16-10-12(13)4-3-7-15/h6,8,10-11H,5,7,9,15H2,1-2H3,(H,17,18). The lowest BCUT2D eigenvalue weighted by molar-refractivity contribution is 0.0953. The van der Waals surface area contributed by atoms with Crippen molar-refractivity contribution < 1.29 is 4.79 Å². The maximum atomic E-state index is 12.1. The third kappa shape index (κ3) is 5.33. The molecule has 4 nitrogen and oxygen atoms in total. The molecule has 0 aliphatic carbocycles. The van der Waals surface area contributed by atoms with E-state index in [1.54, 1.807) is 30.2 Å². The monoisotopic (exact) mass is 277 g/mol. The van der Waals surface area contributed by atoms with Gasteiger partial charge < -0.3 is 11.1 Å². The third-order valence-corrected chi connectivity index (χ3v) is 3.67. The van der Waals surface area contributed by atoms with Gasteiger partial charge in [0, 0.05) is 24.2 Å². The minimum absolute atomic E-state index is 0.114. The number of nitrogens with one attached hydrogen (secondary N) is 1. The molecule has 0 fully saturated rings. The molecule has 1 aromatic heterocycles. The predicted octanol–water partition coefficient (Wildman–Crippen LogP) is 1.26. The lowest BCUT2D eigenvalue weighted by Crippen LogP contribution is -2.26. The SMILES string of the molecule is CSC(C)CCNC(=O)c1ccncc1C#CCN. The summed E-state index contributed by atoms with van der Waals surface area (Å²) >= 11 is 1.79. The van der Waals surface area contributed by atoms with Gasteiger partial charge in [-0.05, 0) is 18.7 Å². The summed E-state index contributed by atoms with van der Waals surface area (Å²) in [6, 6.07) is 1.67. The second-order valence-electron chi connectivity index (χ2n) is 4.02. The van der Waals surface area contributed by atoms with Crippen molar-refractivity contribution >= 4 is 17.7 Å². The Bertz CT molecular complexity index is 479. The van der Waals surface area contributed by atoms with Crippen LogP contribution in [0.4, 0.5) is 0 Å². The average molecular weight is 277 g/mol. The number of aromatic nitrogens is 1. The summed E-state index contributed by atoms with van der Waals surface area (Å²) in [6.07, 6.45) is 6.19. The Morgan fingerprint density at radius 3 is 3.11 bits per heavy atom. The Balaban J connectivity index is 2.66. The van der Waals surface area contributed by atoms with E-state index in [4.69, 9.17) is 5.73 Å². The van der Waals surface area contributed by atoms with Gasteiger partial charge in [0.25, 0.3) is 5.91 Å². The first-order chi connectivity index (χ1) is 9.19. The summed E-state index contributed by atoms with van der Waals surface area (Å²) in [5, 5.41) is 3.44. The molecule has 19 heavy (non-hydrogen) atoms. The largest absolute Gasteiger partial charge is 0.352 e. The van der Waals surface area contributed by atoms with Crippen molar-refractivity contribution in [2.45, 2.75) is 18.6 Å². The van der Waals surface area contributed by atoms with Crippen molar-refractivity contribution in [3.63, 3.8) is 0 Å². The Morgan fingerprint density at radius 1 is 1.63 bits per heavy atom. The zero-order valence-electron chi connectivity index (χ0n) is 11.3. The van der Waals surface area contributed by atoms with Crippen LogP contribution in [0.3, 0.4) is 0 Å². The van der Waals surface area contributed by atoms with Crippen molar-refractivity contribution in [1.29, 1.82) is 0 Å². The van der Waals surface area contributed by atoms with Gasteiger partial charge >= 0.3 is 0 Å². The van der Waals surface area contributed by atoms with Crippen LogP contribution in [0.2, 0.25) is 0 Å². The Labute approximate surface area is 118 Å². The van der Waals surface area contributed by atoms with Gasteiger partial charge in [-0.2, -0.15) is 11.8 Å². The van der Waals surface area contributed by atoms with Gasteiger partial charge in [0.05, 0.1) is 17.7 Å². The average Bonchev–Trinajstić information content (AvgIpc) is 2.45. The molecule has 0 aromatic carbocycles. The zero-order chi connectivity index (χ0) is 14.1. The predicted molar refractivity (Wildman–Crippen MR) is 80.1 cm³/mol.